The van der Waals surface area contributed by atoms with E-state index in [1.165, 1.54) is 12.1 Å². The maximum Gasteiger partial charge on any atom is 0.417 e. The second kappa shape index (κ2) is 10.4. The lowest BCUT2D eigenvalue weighted by molar-refractivity contribution is -0.137. The van der Waals surface area contributed by atoms with Crippen molar-refractivity contribution in [3.05, 3.63) is 65.9 Å². The summed E-state index contributed by atoms with van der Waals surface area (Å²) in [5.41, 5.74) is 5.19. The maximum absolute atomic E-state index is 14.2. The van der Waals surface area contributed by atoms with E-state index in [9.17, 15) is 18.0 Å². The highest BCUT2D eigenvalue weighted by atomic mass is 19.4. The highest BCUT2D eigenvalue weighted by molar-refractivity contribution is 5.95. The number of piperidine rings is 1. The van der Waals surface area contributed by atoms with Crippen molar-refractivity contribution in [2.24, 2.45) is 0 Å². The lowest BCUT2D eigenvalue weighted by Gasteiger charge is -2.35. The summed E-state index contributed by atoms with van der Waals surface area (Å²) in [4.78, 5) is 25.1. The van der Waals surface area contributed by atoms with Crippen LogP contribution in [0.2, 0.25) is 0 Å². The summed E-state index contributed by atoms with van der Waals surface area (Å²) < 4.78 is 48.3. The molecule has 1 aliphatic rings. The standard InChI is InChI=1S/C27H26F3N7O2.2H2/c1-36(2)18-10-12-37(13-11-18)26(38)17-8-9-19(20(14-17)27(28,29)30)21-15-32-23(31)22(33-21)25-35-34-24(39-25)16-6-4-3-5-7-16;;/h3-9,14-15,18H,10-13H2,1-2H3,(H2,31,32);2*1H. The number of hydrogen-bond donors (Lipinski definition) is 1. The number of carbonyl (C=O) groups is 1. The Balaban J connectivity index is 0.00000231. The molecule has 1 saturated heterocycles. The zero-order chi connectivity index (χ0) is 27.7. The van der Waals surface area contributed by atoms with Crippen LogP contribution in [0.1, 0.15) is 31.6 Å². The first kappa shape index (κ1) is 26.3. The molecule has 1 aliphatic heterocycles. The molecule has 12 heteroatoms. The van der Waals surface area contributed by atoms with Crippen LogP contribution >= 0.6 is 0 Å². The van der Waals surface area contributed by atoms with Crippen molar-refractivity contribution in [3.8, 4) is 34.3 Å². The Morgan fingerprint density at radius 1 is 1.08 bits per heavy atom. The second-order valence-corrected chi connectivity index (χ2v) is 9.51. The van der Waals surface area contributed by atoms with Gasteiger partial charge in [-0.1, -0.05) is 24.3 Å². The molecule has 39 heavy (non-hydrogen) atoms. The molecule has 5 rings (SSSR count). The van der Waals surface area contributed by atoms with Gasteiger partial charge in [0.25, 0.3) is 11.8 Å². The smallest absolute Gasteiger partial charge is 0.414 e. The largest absolute Gasteiger partial charge is 0.417 e. The van der Waals surface area contributed by atoms with Crippen molar-refractivity contribution in [2.75, 3.05) is 32.9 Å². The van der Waals surface area contributed by atoms with Gasteiger partial charge in [-0.3, -0.25) is 4.79 Å². The molecule has 206 valence electrons. The second-order valence-electron chi connectivity index (χ2n) is 9.51. The van der Waals surface area contributed by atoms with E-state index in [-0.39, 0.29) is 43.0 Å². The van der Waals surface area contributed by atoms with Crippen LogP contribution in [-0.4, -0.2) is 69.1 Å². The predicted octanol–water partition coefficient (Wildman–Crippen LogP) is 5.12. The van der Waals surface area contributed by atoms with Crippen molar-refractivity contribution in [1.82, 2.24) is 30.0 Å². The van der Waals surface area contributed by atoms with Crippen LogP contribution in [0.4, 0.5) is 19.0 Å². The van der Waals surface area contributed by atoms with Gasteiger partial charge in [0.1, 0.15) is 0 Å². The first-order valence-electron chi connectivity index (χ1n) is 12.3. The number of nitrogens with zero attached hydrogens (tertiary/aromatic N) is 6. The normalized spacial score (nSPS) is 14.7. The van der Waals surface area contributed by atoms with Crippen molar-refractivity contribution in [3.63, 3.8) is 0 Å². The van der Waals surface area contributed by atoms with E-state index in [2.05, 4.69) is 25.1 Å². The molecule has 0 atom stereocenters. The lowest BCUT2D eigenvalue weighted by Crippen LogP contribution is -2.44. The van der Waals surface area contributed by atoms with Crippen molar-refractivity contribution < 1.29 is 25.2 Å². The molecule has 0 aliphatic carbocycles. The summed E-state index contributed by atoms with van der Waals surface area (Å²) in [5.74, 6) is -0.399. The van der Waals surface area contributed by atoms with Crippen LogP contribution in [0.5, 0.6) is 0 Å². The minimum atomic E-state index is -4.75. The molecule has 3 heterocycles. The zero-order valence-corrected chi connectivity index (χ0v) is 21.3. The molecule has 9 nitrogen and oxygen atoms in total. The maximum atomic E-state index is 14.2. The molecule has 0 bridgehead atoms. The molecule has 2 aromatic carbocycles. The molecule has 2 aromatic heterocycles. The Labute approximate surface area is 225 Å². The van der Waals surface area contributed by atoms with E-state index >= 15 is 0 Å². The zero-order valence-electron chi connectivity index (χ0n) is 21.3. The molecular weight excluding hydrogens is 511 g/mol. The third kappa shape index (κ3) is 5.46. The number of anilines is 1. The number of hydrogen-bond acceptors (Lipinski definition) is 8. The summed E-state index contributed by atoms with van der Waals surface area (Å²) >= 11 is 0. The van der Waals surface area contributed by atoms with E-state index in [4.69, 9.17) is 10.2 Å². The molecular formula is C27H30F3N7O2. The quantitative estimate of drug-likeness (QED) is 0.370. The summed E-state index contributed by atoms with van der Waals surface area (Å²) in [5, 5.41) is 7.95. The molecule has 1 fully saturated rings. The van der Waals surface area contributed by atoms with Gasteiger partial charge < -0.3 is 20.0 Å². The van der Waals surface area contributed by atoms with Gasteiger partial charge >= 0.3 is 6.18 Å². The van der Waals surface area contributed by atoms with Crippen LogP contribution < -0.4 is 5.73 Å². The predicted molar refractivity (Wildman–Crippen MR) is 142 cm³/mol. The van der Waals surface area contributed by atoms with Gasteiger partial charge in [0, 0.05) is 38.7 Å². The fourth-order valence-electron chi connectivity index (χ4n) is 4.60. The molecule has 0 saturated carbocycles. The molecule has 4 aromatic rings. The SMILES string of the molecule is CN(C)C1CCN(C(=O)c2ccc(-c3cnc(N)c(-c4nnc(-c5ccccc5)o4)n3)c(C(F)(F)F)c2)CC1.[HH].[HH]. The molecule has 1 amide bonds. The number of halogens is 3. The van der Waals surface area contributed by atoms with Crippen LogP contribution in [0.25, 0.3) is 34.3 Å². The summed E-state index contributed by atoms with van der Waals surface area (Å²) in [6.07, 6.45) is -2.09. The number of benzene rings is 2. The third-order valence-electron chi connectivity index (χ3n) is 6.78. The van der Waals surface area contributed by atoms with E-state index in [0.29, 0.717) is 24.7 Å². The van der Waals surface area contributed by atoms with Gasteiger partial charge in [0.15, 0.2) is 11.5 Å². The summed E-state index contributed by atoms with van der Waals surface area (Å²) in [6.45, 7) is 0.958. The Morgan fingerprint density at radius 2 is 1.77 bits per heavy atom. The minimum Gasteiger partial charge on any atom is -0.414 e. The summed E-state index contributed by atoms with van der Waals surface area (Å²) in [6, 6.07) is 12.8. The number of alkyl halides is 3. The van der Waals surface area contributed by atoms with Crippen molar-refractivity contribution >= 4 is 11.7 Å². The Hall–Kier alpha value is -4.32. The van der Waals surface area contributed by atoms with Crippen LogP contribution in [0.3, 0.4) is 0 Å². The molecule has 0 unspecified atom stereocenters. The number of nitrogen functional groups attached to an aromatic ring is 1. The molecule has 0 spiro atoms. The number of amides is 1. The summed E-state index contributed by atoms with van der Waals surface area (Å²) in [7, 11) is 3.95. The van der Waals surface area contributed by atoms with Crippen LogP contribution in [0, 0.1) is 0 Å². The highest BCUT2D eigenvalue weighted by Crippen LogP contribution is 2.38. The Morgan fingerprint density at radius 3 is 2.44 bits per heavy atom. The van der Waals surface area contributed by atoms with Gasteiger partial charge in [-0.25, -0.2) is 9.97 Å². The number of likely N-dealkylation sites (tertiary alicyclic amines) is 1. The third-order valence-corrected chi connectivity index (χ3v) is 6.78. The van der Waals surface area contributed by atoms with E-state index in [1.807, 2.05) is 20.2 Å². The van der Waals surface area contributed by atoms with Gasteiger partial charge in [-0.05, 0) is 51.2 Å². The van der Waals surface area contributed by atoms with E-state index < -0.39 is 17.6 Å². The average Bonchev–Trinajstić information content (AvgIpc) is 3.43. The van der Waals surface area contributed by atoms with Crippen molar-refractivity contribution in [1.29, 1.82) is 0 Å². The number of carbonyl (C=O) groups excluding carboxylic acids is 1. The number of nitrogens with two attached hydrogens (primary N) is 1. The first-order chi connectivity index (χ1) is 18.6. The van der Waals surface area contributed by atoms with Crippen molar-refractivity contribution in [2.45, 2.75) is 25.1 Å². The molecule has 0 radical (unpaired) electrons. The van der Waals surface area contributed by atoms with Gasteiger partial charge in [-0.15, -0.1) is 10.2 Å². The van der Waals surface area contributed by atoms with E-state index in [0.717, 1.165) is 25.1 Å². The Kier molecular flexibility index (Phi) is 7.04. The lowest BCUT2D eigenvalue weighted by atomic mass is 9.99. The minimum absolute atomic E-state index is 0. The number of aromatic nitrogens is 4. The first-order valence-corrected chi connectivity index (χ1v) is 12.3. The van der Waals surface area contributed by atoms with Gasteiger partial charge in [-0.2, -0.15) is 13.2 Å². The fourth-order valence-corrected chi connectivity index (χ4v) is 4.60. The Bertz CT molecular complexity index is 1490. The van der Waals surface area contributed by atoms with Crippen LogP contribution in [-0.2, 0) is 6.18 Å². The van der Waals surface area contributed by atoms with E-state index in [1.54, 1.807) is 29.2 Å². The number of rotatable bonds is 5. The molecule has 2 N–H and O–H groups in total. The topological polar surface area (TPSA) is 114 Å². The van der Waals surface area contributed by atoms with Gasteiger partial charge in [0.05, 0.1) is 17.5 Å². The average molecular weight is 542 g/mol. The van der Waals surface area contributed by atoms with Gasteiger partial charge in [0.2, 0.25) is 5.89 Å². The highest BCUT2D eigenvalue weighted by Gasteiger charge is 2.36. The monoisotopic (exact) mass is 541 g/mol. The fraction of sp³-hybridized carbons (Fsp3) is 0.296. The van der Waals surface area contributed by atoms with Crippen LogP contribution in [0.15, 0.2) is 59.1 Å².